The number of nitrogens with two attached hydrogens (primary N) is 1. The van der Waals surface area contributed by atoms with Crippen LogP contribution in [0.4, 0.5) is 4.39 Å². The van der Waals surface area contributed by atoms with Crippen molar-refractivity contribution in [2.75, 3.05) is 7.05 Å². The zero-order valence-electron chi connectivity index (χ0n) is 11.0. The van der Waals surface area contributed by atoms with Crippen LogP contribution in [0.15, 0.2) is 42.6 Å². The SMILES string of the molecule is CN(Cc1ccnc(CN)c1)Cc1ccccc1F. The summed E-state index contributed by atoms with van der Waals surface area (Å²) in [6.07, 6.45) is 1.76. The minimum atomic E-state index is -0.160. The van der Waals surface area contributed by atoms with Crippen LogP contribution in [0.5, 0.6) is 0 Å². The summed E-state index contributed by atoms with van der Waals surface area (Å²) in [4.78, 5) is 6.22. The third-order valence-corrected chi connectivity index (χ3v) is 2.94. The molecule has 2 N–H and O–H groups in total. The predicted octanol–water partition coefficient (Wildman–Crippen LogP) is 2.31. The summed E-state index contributed by atoms with van der Waals surface area (Å²) < 4.78 is 13.6. The second-order valence-electron chi connectivity index (χ2n) is 4.62. The molecule has 0 saturated heterocycles. The van der Waals surface area contributed by atoms with Gasteiger partial charge in [-0.15, -0.1) is 0 Å². The van der Waals surface area contributed by atoms with Crippen molar-refractivity contribution in [2.45, 2.75) is 19.6 Å². The molecule has 3 nitrogen and oxygen atoms in total. The zero-order chi connectivity index (χ0) is 13.7. The van der Waals surface area contributed by atoms with Crippen LogP contribution in [0.2, 0.25) is 0 Å². The molecule has 19 heavy (non-hydrogen) atoms. The fourth-order valence-corrected chi connectivity index (χ4v) is 2.02. The van der Waals surface area contributed by atoms with Gasteiger partial charge >= 0.3 is 0 Å². The molecule has 0 aliphatic rings. The Kier molecular flexibility index (Phi) is 4.60. The molecule has 0 spiro atoms. The lowest BCUT2D eigenvalue weighted by molar-refractivity contribution is 0.313. The maximum Gasteiger partial charge on any atom is 0.127 e. The number of nitrogens with zero attached hydrogens (tertiary/aromatic N) is 2. The van der Waals surface area contributed by atoms with E-state index in [1.807, 2.05) is 31.3 Å². The van der Waals surface area contributed by atoms with Gasteiger partial charge in [0.05, 0.1) is 5.69 Å². The number of hydrogen-bond acceptors (Lipinski definition) is 3. The fraction of sp³-hybridized carbons (Fsp3) is 0.267. The molecule has 0 bridgehead atoms. The molecule has 2 aromatic rings. The third-order valence-electron chi connectivity index (χ3n) is 2.94. The highest BCUT2D eigenvalue weighted by atomic mass is 19.1. The van der Waals surface area contributed by atoms with Gasteiger partial charge in [0, 0.05) is 31.4 Å². The molecule has 1 aromatic carbocycles. The van der Waals surface area contributed by atoms with Crippen LogP contribution in [0.1, 0.15) is 16.8 Å². The normalized spacial score (nSPS) is 10.9. The van der Waals surface area contributed by atoms with E-state index >= 15 is 0 Å². The molecule has 4 heteroatoms. The van der Waals surface area contributed by atoms with E-state index in [1.54, 1.807) is 12.3 Å². The van der Waals surface area contributed by atoms with Crippen molar-refractivity contribution < 1.29 is 4.39 Å². The van der Waals surface area contributed by atoms with Crippen molar-refractivity contribution in [1.82, 2.24) is 9.88 Å². The Labute approximate surface area is 112 Å². The standard InChI is InChI=1S/C15H18FN3/c1-19(11-13-4-2-3-5-15(13)16)10-12-6-7-18-14(8-12)9-17/h2-8H,9-11,17H2,1H3. The van der Waals surface area contributed by atoms with Crippen molar-refractivity contribution in [3.63, 3.8) is 0 Å². The first kappa shape index (κ1) is 13.6. The number of benzene rings is 1. The van der Waals surface area contributed by atoms with Gasteiger partial charge in [0.2, 0.25) is 0 Å². The number of aromatic nitrogens is 1. The van der Waals surface area contributed by atoms with Gasteiger partial charge in [-0.25, -0.2) is 4.39 Å². The highest BCUT2D eigenvalue weighted by molar-refractivity contribution is 5.19. The minimum absolute atomic E-state index is 0.160. The van der Waals surface area contributed by atoms with Crippen LogP contribution in [-0.2, 0) is 19.6 Å². The molecule has 0 amide bonds. The van der Waals surface area contributed by atoms with Crippen LogP contribution < -0.4 is 5.73 Å². The second kappa shape index (κ2) is 6.41. The molecule has 100 valence electrons. The lowest BCUT2D eigenvalue weighted by Crippen LogP contribution is -2.18. The summed E-state index contributed by atoms with van der Waals surface area (Å²) in [5, 5.41) is 0. The van der Waals surface area contributed by atoms with E-state index in [1.165, 1.54) is 6.07 Å². The van der Waals surface area contributed by atoms with Gasteiger partial charge in [-0.05, 0) is 30.8 Å². The molecule has 0 aliphatic carbocycles. The van der Waals surface area contributed by atoms with E-state index in [0.717, 1.165) is 17.8 Å². The number of pyridine rings is 1. The quantitative estimate of drug-likeness (QED) is 0.896. The summed E-state index contributed by atoms with van der Waals surface area (Å²) in [7, 11) is 1.97. The summed E-state index contributed by atoms with van der Waals surface area (Å²) in [6.45, 7) is 1.75. The molecule has 0 saturated carbocycles. The molecule has 1 aromatic heterocycles. The molecule has 0 radical (unpaired) electrons. The minimum Gasteiger partial charge on any atom is -0.325 e. The highest BCUT2D eigenvalue weighted by Crippen LogP contribution is 2.11. The van der Waals surface area contributed by atoms with Crippen molar-refractivity contribution in [1.29, 1.82) is 0 Å². The Bertz CT molecular complexity index is 542. The van der Waals surface area contributed by atoms with Gasteiger partial charge in [0.25, 0.3) is 0 Å². The molecule has 0 aliphatic heterocycles. The largest absolute Gasteiger partial charge is 0.325 e. The van der Waals surface area contributed by atoms with Gasteiger partial charge in [-0.1, -0.05) is 18.2 Å². The number of halogens is 1. The zero-order valence-corrected chi connectivity index (χ0v) is 11.0. The second-order valence-corrected chi connectivity index (χ2v) is 4.62. The summed E-state index contributed by atoms with van der Waals surface area (Å²) in [5.41, 5.74) is 8.28. The monoisotopic (exact) mass is 259 g/mol. The maximum absolute atomic E-state index is 13.6. The number of rotatable bonds is 5. The summed E-state index contributed by atoms with van der Waals surface area (Å²) in [6, 6.07) is 10.8. The first-order valence-corrected chi connectivity index (χ1v) is 6.25. The van der Waals surface area contributed by atoms with E-state index < -0.39 is 0 Å². The molecule has 0 unspecified atom stereocenters. The third kappa shape index (κ3) is 3.84. The average Bonchev–Trinajstić information content (AvgIpc) is 2.41. The Morgan fingerprint density at radius 3 is 2.74 bits per heavy atom. The Morgan fingerprint density at radius 2 is 2.00 bits per heavy atom. The van der Waals surface area contributed by atoms with E-state index in [-0.39, 0.29) is 5.82 Å². The molecule has 1 heterocycles. The predicted molar refractivity (Wildman–Crippen MR) is 73.7 cm³/mol. The molecular weight excluding hydrogens is 241 g/mol. The van der Waals surface area contributed by atoms with Crippen molar-refractivity contribution in [2.24, 2.45) is 5.73 Å². The van der Waals surface area contributed by atoms with Gasteiger partial charge in [-0.3, -0.25) is 9.88 Å². The van der Waals surface area contributed by atoms with Crippen LogP contribution in [0, 0.1) is 5.82 Å². The Morgan fingerprint density at radius 1 is 1.21 bits per heavy atom. The van der Waals surface area contributed by atoms with Gasteiger partial charge in [0.15, 0.2) is 0 Å². The van der Waals surface area contributed by atoms with Gasteiger partial charge in [0.1, 0.15) is 5.82 Å². The highest BCUT2D eigenvalue weighted by Gasteiger charge is 2.06. The molecule has 0 atom stereocenters. The fourth-order valence-electron chi connectivity index (χ4n) is 2.02. The molecule has 0 fully saturated rings. The summed E-state index contributed by atoms with van der Waals surface area (Å²) >= 11 is 0. The Balaban J connectivity index is 2.01. The average molecular weight is 259 g/mol. The van der Waals surface area contributed by atoms with Crippen molar-refractivity contribution in [3.05, 3.63) is 65.2 Å². The van der Waals surface area contributed by atoms with Crippen molar-refractivity contribution >= 4 is 0 Å². The first-order chi connectivity index (χ1) is 9.19. The van der Waals surface area contributed by atoms with E-state index in [0.29, 0.717) is 18.7 Å². The van der Waals surface area contributed by atoms with E-state index in [4.69, 9.17) is 5.73 Å². The van der Waals surface area contributed by atoms with Crippen LogP contribution in [-0.4, -0.2) is 16.9 Å². The van der Waals surface area contributed by atoms with E-state index in [2.05, 4.69) is 9.88 Å². The maximum atomic E-state index is 13.6. The Hall–Kier alpha value is -1.78. The molecule has 2 rings (SSSR count). The van der Waals surface area contributed by atoms with Crippen molar-refractivity contribution in [3.8, 4) is 0 Å². The van der Waals surface area contributed by atoms with Crippen LogP contribution >= 0.6 is 0 Å². The van der Waals surface area contributed by atoms with Crippen LogP contribution in [0.25, 0.3) is 0 Å². The summed E-state index contributed by atoms with van der Waals surface area (Å²) in [5.74, 6) is -0.160. The smallest absolute Gasteiger partial charge is 0.127 e. The topological polar surface area (TPSA) is 42.2 Å². The van der Waals surface area contributed by atoms with E-state index in [9.17, 15) is 4.39 Å². The van der Waals surface area contributed by atoms with Gasteiger partial charge < -0.3 is 5.73 Å². The molecular formula is C15H18FN3. The van der Waals surface area contributed by atoms with Crippen LogP contribution in [0.3, 0.4) is 0 Å². The lowest BCUT2D eigenvalue weighted by atomic mass is 10.1. The van der Waals surface area contributed by atoms with Gasteiger partial charge in [-0.2, -0.15) is 0 Å². The lowest BCUT2D eigenvalue weighted by Gasteiger charge is -2.17. The first-order valence-electron chi connectivity index (χ1n) is 6.25. The number of hydrogen-bond donors (Lipinski definition) is 1.